The molecule has 1 aliphatic heterocycles. The van der Waals surface area contributed by atoms with E-state index < -0.39 is 10.0 Å². The van der Waals surface area contributed by atoms with Gasteiger partial charge in [0.15, 0.2) is 0 Å². The molecule has 1 rings (SSSR count). The average molecular weight is 325 g/mol. The van der Waals surface area contributed by atoms with Crippen molar-refractivity contribution >= 4 is 21.6 Å². The molecule has 0 amide bonds. The van der Waals surface area contributed by atoms with Crippen LogP contribution in [0.5, 0.6) is 0 Å². The first-order valence-corrected chi connectivity index (χ1v) is 9.85. The third-order valence-electron chi connectivity index (χ3n) is 3.97. The highest BCUT2D eigenvalue weighted by Gasteiger charge is 2.26. The fraction of sp³-hybridized carbons (Fsp3) is 1.00. The van der Waals surface area contributed by atoms with Crippen LogP contribution in [-0.4, -0.2) is 51.0 Å². The van der Waals surface area contributed by atoms with Gasteiger partial charge in [-0.3, -0.25) is 0 Å². The van der Waals surface area contributed by atoms with Crippen LogP contribution in [0, 0.1) is 11.3 Å². The first kappa shape index (κ1) is 18.2. The van der Waals surface area contributed by atoms with Crippen molar-refractivity contribution in [1.82, 2.24) is 9.62 Å². The van der Waals surface area contributed by atoms with Crippen molar-refractivity contribution in [3.8, 4) is 0 Å². The van der Waals surface area contributed by atoms with Crippen molar-refractivity contribution in [1.29, 1.82) is 0 Å². The van der Waals surface area contributed by atoms with E-state index in [4.69, 9.17) is 11.6 Å². The van der Waals surface area contributed by atoms with E-state index in [0.717, 1.165) is 44.7 Å². The van der Waals surface area contributed by atoms with E-state index in [2.05, 4.69) is 19.2 Å². The molecule has 1 N–H and O–H groups in total. The Hall–Kier alpha value is 0.160. The summed E-state index contributed by atoms with van der Waals surface area (Å²) in [7, 11) is -3.03. The lowest BCUT2D eigenvalue weighted by molar-refractivity contribution is 0.244. The van der Waals surface area contributed by atoms with Gasteiger partial charge in [-0.15, -0.1) is 11.6 Å². The Bertz CT molecular complexity index is 385. The van der Waals surface area contributed by atoms with E-state index >= 15 is 0 Å². The molecule has 0 saturated carbocycles. The molecule has 1 unspecified atom stereocenters. The number of alkyl halides is 1. The second kappa shape index (κ2) is 7.97. The van der Waals surface area contributed by atoms with E-state index in [-0.39, 0.29) is 5.41 Å². The third-order valence-corrected chi connectivity index (χ3v) is 5.51. The molecule has 0 aromatic carbocycles. The second-order valence-electron chi connectivity index (χ2n) is 6.72. The molecule has 4 nitrogen and oxygen atoms in total. The summed E-state index contributed by atoms with van der Waals surface area (Å²) in [4.78, 5) is 0. The highest BCUT2D eigenvalue weighted by molar-refractivity contribution is 7.88. The number of piperidine rings is 1. The molecular formula is C14H29ClN2O2S. The van der Waals surface area contributed by atoms with Crippen molar-refractivity contribution in [3.63, 3.8) is 0 Å². The minimum atomic E-state index is -3.03. The van der Waals surface area contributed by atoms with Gasteiger partial charge >= 0.3 is 0 Å². The number of rotatable bonds is 8. The maximum Gasteiger partial charge on any atom is 0.211 e. The predicted octanol–water partition coefficient (Wildman–Crippen LogP) is 2.29. The summed E-state index contributed by atoms with van der Waals surface area (Å²) in [5, 5.41) is 3.51. The Morgan fingerprint density at radius 1 is 1.40 bits per heavy atom. The molecule has 0 bridgehead atoms. The Morgan fingerprint density at radius 2 is 2.10 bits per heavy atom. The molecule has 0 radical (unpaired) electrons. The van der Waals surface area contributed by atoms with Crippen molar-refractivity contribution in [2.45, 2.75) is 39.5 Å². The van der Waals surface area contributed by atoms with Gasteiger partial charge in [0.2, 0.25) is 10.0 Å². The average Bonchev–Trinajstić information content (AvgIpc) is 2.36. The maximum absolute atomic E-state index is 11.6. The number of hydrogen-bond acceptors (Lipinski definition) is 3. The minimum Gasteiger partial charge on any atom is -0.316 e. The number of hydrogen-bond donors (Lipinski definition) is 1. The zero-order valence-corrected chi connectivity index (χ0v) is 14.6. The monoisotopic (exact) mass is 324 g/mol. The van der Waals surface area contributed by atoms with Crippen LogP contribution in [0.1, 0.15) is 39.5 Å². The molecule has 20 heavy (non-hydrogen) atoms. The lowest BCUT2D eigenvalue weighted by Crippen LogP contribution is -2.43. The van der Waals surface area contributed by atoms with Crippen LogP contribution < -0.4 is 5.32 Å². The van der Waals surface area contributed by atoms with Crippen molar-refractivity contribution < 1.29 is 8.42 Å². The smallest absolute Gasteiger partial charge is 0.211 e. The summed E-state index contributed by atoms with van der Waals surface area (Å²) in [6.45, 7) is 7.69. The first-order valence-electron chi connectivity index (χ1n) is 7.46. The summed E-state index contributed by atoms with van der Waals surface area (Å²) >= 11 is 5.74. The largest absolute Gasteiger partial charge is 0.316 e. The fourth-order valence-electron chi connectivity index (χ4n) is 2.74. The van der Waals surface area contributed by atoms with Gasteiger partial charge in [-0.05, 0) is 43.6 Å². The van der Waals surface area contributed by atoms with Crippen LogP contribution >= 0.6 is 11.6 Å². The minimum absolute atomic E-state index is 0.250. The van der Waals surface area contributed by atoms with E-state index in [1.54, 1.807) is 4.31 Å². The molecular weight excluding hydrogens is 296 g/mol. The van der Waals surface area contributed by atoms with E-state index in [0.29, 0.717) is 19.0 Å². The molecule has 0 aliphatic carbocycles. The van der Waals surface area contributed by atoms with Crippen molar-refractivity contribution in [3.05, 3.63) is 0 Å². The van der Waals surface area contributed by atoms with Gasteiger partial charge < -0.3 is 5.32 Å². The van der Waals surface area contributed by atoms with Gasteiger partial charge in [0, 0.05) is 25.5 Å². The first-order chi connectivity index (χ1) is 9.24. The van der Waals surface area contributed by atoms with Crippen LogP contribution in [0.3, 0.4) is 0 Å². The SMILES string of the molecule is CC(C)(CCCCl)CNCC1CCCN(S(C)(=O)=O)C1. The van der Waals surface area contributed by atoms with Crippen LogP contribution in [-0.2, 0) is 10.0 Å². The van der Waals surface area contributed by atoms with Crippen LogP contribution in [0.2, 0.25) is 0 Å². The zero-order valence-electron chi connectivity index (χ0n) is 13.0. The van der Waals surface area contributed by atoms with E-state index in [1.807, 2.05) is 0 Å². The van der Waals surface area contributed by atoms with E-state index in [9.17, 15) is 8.42 Å². The molecule has 0 aromatic heterocycles. The predicted molar refractivity (Wildman–Crippen MR) is 85.7 cm³/mol. The lowest BCUT2D eigenvalue weighted by atomic mass is 9.88. The number of halogens is 1. The maximum atomic E-state index is 11.6. The zero-order chi connectivity index (χ0) is 15.2. The Kier molecular flexibility index (Phi) is 7.25. The Labute approximate surface area is 129 Å². The standard InChI is InChI=1S/C14H29ClN2O2S/c1-14(2,7-5-8-15)12-16-10-13-6-4-9-17(11-13)20(3,18)19/h13,16H,4-12H2,1-3H3. The van der Waals surface area contributed by atoms with Gasteiger partial charge in [0.1, 0.15) is 0 Å². The van der Waals surface area contributed by atoms with E-state index in [1.165, 1.54) is 6.26 Å². The van der Waals surface area contributed by atoms with Gasteiger partial charge in [0.25, 0.3) is 0 Å². The Balaban J connectivity index is 2.31. The van der Waals surface area contributed by atoms with Crippen LogP contribution in [0.4, 0.5) is 0 Å². The topological polar surface area (TPSA) is 49.4 Å². The molecule has 1 heterocycles. The van der Waals surface area contributed by atoms with Crippen molar-refractivity contribution in [2.24, 2.45) is 11.3 Å². The number of nitrogens with zero attached hydrogens (tertiary/aromatic N) is 1. The molecule has 1 aliphatic rings. The molecule has 0 aromatic rings. The van der Waals surface area contributed by atoms with Gasteiger partial charge in [-0.1, -0.05) is 13.8 Å². The highest BCUT2D eigenvalue weighted by atomic mass is 35.5. The molecule has 1 saturated heterocycles. The normalized spacial score (nSPS) is 22.1. The third kappa shape index (κ3) is 6.74. The molecule has 0 spiro atoms. The quantitative estimate of drug-likeness (QED) is 0.697. The van der Waals surface area contributed by atoms with Gasteiger partial charge in [0.05, 0.1) is 6.26 Å². The van der Waals surface area contributed by atoms with Gasteiger partial charge in [-0.25, -0.2) is 12.7 Å². The number of nitrogens with one attached hydrogen (secondary N) is 1. The highest BCUT2D eigenvalue weighted by Crippen LogP contribution is 2.22. The summed E-state index contributed by atoms with van der Waals surface area (Å²) in [5.41, 5.74) is 0.250. The fourth-order valence-corrected chi connectivity index (χ4v) is 3.82. The summed E-state index contributed by atoms with van der Waals surface area (Å²) in [6, 6.07) is 0. The molecule has 6 heteroatoms. The molecule has 1 atom stereocenters. The second-order valence-corrected chi connectivity index (χ2v) is 9.08. The van der Waals surface area contributed by atoms with Crippen LogP contribution in [0.25, 0.3) is 0 Å². The van der Waals surface area contributed by atoms with Gasteiger partial charge in [-0.2, -0.15) is 0 Å². The molecule has 1 fully saturated rings. The summed E-state index contributed by atoms with van der Waals surface area (Å²) in [6.07, 6.45) is 5.54. The lowest BCUT2D eigenvalue weighted by Gasteiger charge is -2.32. The number of sulfonamides is 1. The summed E-state index contributed by atoms with van der Waals surface area (Å²) in [5.74, 6) is 1.15. The summed E-state index contributed by atoms with van der Waals surface area (Å²) < 4.78 is 24.8. The van der Waals surface area contributed by atoms with Crippen LogP contribution in [0.15, 0.2) is 0 Å². The molecule has 120 valence electrons. The van der Waals surface area contributed by atoms with Crippen molar-refractivity contribution in [2.75, 3.05) is 38.3 Å². The Morgan fingerprint density at radius 3 is 2.70 bits per heavy atom.